The molecular weight excluding hydrogens is 391 g/mol. The van der Waals surface area contributed by atoms with Gasteiger partial charge in [0.1, 0.15) is 11.3 Å². The van der Waals surface area contributed by atoms with Gasteiger partial charge in [-0.05, 0) is 50.6 Å². The van der Waals surface area contributed by atoms with Gasteiger partial charge in [-0.2, -0.15) is 0 Å². The number of esters is 1. The van der Waals surface area contributed by atoms with Gasteiger partial charge in [0.15, 0.2) is 0 Å². The lowest BCUT2D eigenvalue weighted by atomic mass is 10.2. The highest BCUT2D eigenvalue weighted by Crippen LogP contribution is 2.28. The number of likely N-dealkylation sites (tertiary alicyclic amines) is 1. The molecule has 0 saturated carbocycles. The first-order chi connectivity index (χ1) is 13.0. The molecule has 1 fully saturated rings. The zero-order valence-corrected chi connectivity index (χ0v) is 16.3. The summed E-state index contributed by atoms with van der Waals surface area (Å²) in [6.45, 7) is 3.13. The van der Waals surface area contributed by atoms with E-state index in [-0.39, 0.29) is 11.9 Å². The number of furan rings is 1. The van der Waals surface area contributed by atoms with Gasteiger partial charge in [0.25, 0.3) is 0 Å². The minimum Gasteiger partial charge on any atom is -0.467 e. The fraction of sp³-hybridized carbons (Fsp3) is 0.368. The number of ether oxygens (including phenoxy) is 1. The third-order valence-electron chi connectivity index (χ3n) is 4.44. The minimum atomic E-state index is -0.422. The number of carbonyl (C=O) groups is 2. The third-order valence-corrected chi connectivity index (χ3v) is 4.99. The van der Waals surface area contributed by atoms with Gasteiger partial charge < -0.3 is 14.5 Å². The van der Waals surface area contributed by atoms with Crippen molar-refractivity contribution in [1.29, 1.82) is 0 Å². The number of carbonyl (C=O) groups excluding carboxylic acids is 2. The second kappa shape index (κ2) is 8.78. The molecule has 1 atom stereocenters. The first-order valence-electron chi connectivity index (χ1n) is 8.73. The van der Waals surface area contributed by atoms with Crippen LogP contribution in [-0.2, 0) is 16.1 Å². The molecule has 1 aliphatic rings. The molecule has 0 bridgehead atoms. The van der Waals surface area contributed by atoms with Crippen molar-refractivity contribution in [1.82, 2.24) is 4.90 Å². The van der Waals surface area contributed by atoms with E-state index in [1.165, 1.54) is 6.26 Å². The number of rotatable bonds is 6. The van der Waals surface area contributed by atoms with Crippen LogP contribution in [0, 0.1) is 0 Å². The number of halogens is 2. The number of amides is 1. The normalized spacial score (nSPS) is 17.1. The van der Waals surface area contributed by atoms with Crippen molar-refractivity contribution in [2.45, 2.75) is 32.4 Å². The summed E-state index contributed by atoms with van der Waals surface area (Å²) >= 11 is 12.0. The Balaban J connectivity index is 1.69. The Morgan fingerprint density at radius 2 is 2.15 bits per heavy atom. The van der Waals surface area contributed by atoms with Crippen LogP contribution in [0.4, 0.5) is 5.69 Å². The quantitative estimate of drug-likeness (QED) is 0.715. The average Bonchev–Trinajstić information content (AvgIpc) is 3.27. The Morgan fingerprint density at radius 3 is 2.89 bits per heavy atom. The van der Waals surface area contributed by atoms with Gasteiger partial charge >= 0.3 is 5.97 Å². The lowest BCUT2D eigenvalue weighted by molar-refractivity contribution is -0.120. The van der Waals surface area contributed by atoms with Gasteiger partial charge in [-0.1, -0.05) is 23.2 Å². The summed E-state index contributed by atoms with van der Waals surface area (Å²) in [5.41, 5.74) is 0.909. The Morgan fingerprint density at radius 1 is 1.33 bits per heavy atom. The molecule has 0 radical (unpaired) electrons. The SMILES string of the molecule is CCOC(=O)c1ccoc1CN1CCCC1C(=O)Nc1ccc(Cl)cc1Cl. The van der Waals surface area contributed by atoms with E-state index in [1.807, 2.05) is 4.90 Å². The number of nitrogens with zero attached hydrogens (tertiary/aromatic N) is 1. The maximum Gasteiger partial charge on any atom is 0.341 e. The number of hydrogen-bond acceptors (Lipinski definition) is 5. The molecule has 1 aromatic heterocycles. The van der Waals surface area contributed by atoms with Crippen LogP contribution in [0.3, 0.4) is 0 Å². The molecule has 3 rings (SSSR count). The summed E-state index contributed by atoms with van der Waals surface area (Å²) < 4.78 is 10.5. The molecule has 1 saturated heterocycles. The summed E-state index contributed by atoms with van der Waals surface area (Å²) in [6.07, 6.45) is 3.05. The second-order valence-corrected chi connectivity index (χ2v) is 7.06. The summed E-state index contributed by atoms with van der Waals surface area (Å²) in [5, 5.41) is 3.74. The molecular formula is C19H20Cl2N2O4. The molecule has 6 nitrogen and oxygen atoms in total. The van der Waals surface area contributed by atoms with E-state index in [1.54, 1.807) is 31.2 Å². The predicted molar refractivity (Wildman–Crippen MR) is 103 cm³/mol. The van der Waals surface area contributed by atoms with Crippen LogP contribution in [0.5, 0.6) is 0 Å². The Kier molecular flexibility index (Phi) is 6.42. The zero-order valence-electron chi connectivity index (χ0n) is 14.8. The summed E-state index contributed by atoms with van der Waals surface area (Å²) in [4.78, 5) is 26.7. The van der Waals surface area contributed by atoms with Gasteiger partial charge in [0.05, 0.1) is 36.2 Å². The van der Waals surface area contributed by atoms with Crippen molar-refractivity contribution in [2.24, 2.45) is 0 Å². The van der Waals surface area contributed by atoms with E-state index in [2.05, 4.69) is 5.32 Å². The van der Waals surface area contributed by atoms with Gasteiger partial charge in [-0.3, -0.25) is 9.69 Å². The Bertz CT molecular complexity index is 837. The number of benzene rings is 1. The first-order valence-corrected chi connectivity index (χ1v) is 9.48. The van der Waals surface area contributed by atoms with E-state index in [0.717, 1.165) is 13.0 Å². The molecule has 2 heterocycles. The lowest BCUT2D eigenvalue weighted by Crippen LogP contribution is -2.39. The summed E-state index contributed by atoms with van der Waals surface area (Å²) in [5.74, 6) is -0.0759. The standard InChI is InChI=1S/C19H20Cl2N2O4/c1-2-26-19(25)13-7-9-27-17(13)11-23-8-3-4-16(23)18(24)22-15-6-5-12(20)10-14(15)21/h5-7,9-10,16H,2-4,8,11H2,1H3,(H,22,24). The highest BCUT2D eigenvalue weighted by atomic mass is 35.5. The van der Waals surface area contributed by atoms with Crippen molar-refractivity contribution in [3.63, 3.8) is 0 Å². The van der Waals surface area contributed by atoms with Gasteiger partial charge in [0, 0.05) is 5.02 Å². The molecule has 2 aromatic rings. The van der Waals surface area contributed by atoms with Crippen molar-refractivity contribution in [3.05, 3.63) is 51.9 Å². The fourth-order valence-corrected chi connectivity index (χ4v) is 3.61. The van der Waals surface area contributed by atoms with Crippen LogP contribution in [0.2, 0.25) is 10.0 Å². The zero-order chi connectivity index (χ0) is 19.4. The first kappa shape index (κ1) is 19.7. The maximum absolute atomic E-state index is 12.7. The molecule has 27 heavy (non-hydrogen) atoms. The molecule has 1 amide bonds. The van der Waals surface area contributed by atoms with E-state index in [9.17, 15) is 9.59 Å². The lowest BCUT2D eigenvalue weighted by Gasteiger charge is -2.23. The fourth-order valence-electron chi connectivity index (χ4n) is 3.16. The van der Waals surface area contributed by atoms with Crippen molar-refractivity contribution >= 4 is 40.8 Å². The Hall–Kier alpha value is -2.02. The highest BCUT2D eigenvalue weighted by molar-refractivity contribution is 6.36. The minimum absolute atomic E-state index is 0.152. The average molecular weight is 411 g/mol. The molecule has 1 unspecified atom stereocenters. The van der Waals surface area contributed by atoms with Crippen LogP contribution in [0.1, 0.15) is 35.9 Å². The molecule has 0 aliphatic carbocycles. The van der Waals surface area contributed by atoms with Crippen LogP contribution in [0.25, 0.3) is 0 Å². The van der Waals surface area contributed by atoms with Crippen LogP contribution < -0.4 is 5.32 Å². The van der Waals surface area contributed by atoms with Crippen LogP contribution in [0.15, 0.2) is 34.9 Å². The number of anilines is 1. The van der Waals surface area contributed by atoms with E-state index in [4.69, 9.17) is 32.4 Å². The van der Waals surface area contributed by atoms with E-state index < -0.39 is 5.97 Å². The highest BCUT2D eigenvalue weighted by Gasteiger charge is 2.32. The van der Waals surface area contributed by atoms with Crippen molar-refractivity contribution in [2.75, 3.05) is 18.5 Å². The third kappa shape index (κ3) is 4.64. The molecule has 1 aliphatic heterocycles. The van der Waals surface area contributed by atoms with Crippen molar-refractivity contribution in [3.8, 4) is 0 Å². The Labute approximate surface area is 167 Å². The predicted octanol–water partition coefficient (Wildman–Crippen LogP) is 4.37. The summed E-state index contributed by atoms with van der Waals surface area (Å²) in [7, 11) is 0. The maximum atomic E-state index is 12.7. The van der Waals surface area contributed by atoms with Crippen LogP contribution in [-0.4, -0.2) is 36.0 Å². The molecule has 1 N–H and O–H groups in total. The molecule has 0 spiro atoms. The van der Waals surface area contributed by atoms with E-state index >= 15 is 0 Å². The summed E-state index contributed by atoms with van der Waals surface area (Å²) in [6, 6.07) is 6.18. The smallest absolute Gasteiger partial charge is 0.341 e. The van der Waals surface area contributed by atoms with Gasteiger partial charge in [-0.25, -0.2) is 4.79 Å². The van der Waals surface area contributed by atoms with Crippen molar-refractivity contribution < 1.29 is 18.7 Å². The second-order valence-electron chi connectivity index (χ2n) is 6.22. The number of nitrogens with one attached hydrogen (secondary N) is 1. The van der Waals surface area contributed by atoms with Gasteiger partial charge in [-0.15, -0.1) is 0 Å². The molecule has 1 aromatic carbocycles. The topological polar surface area (TPSA) is 71.8 Å². The number of hydrogen-bond donors (Lipinski definition) is 1. The molecule has 8 heteroatoms. The van der Waals surface area contributed by atoms with E-state index in [0.29, 0.717) is 46.6 Å². The monoisotopic (exact) mass is 410 g/mol. The molecule has 144 valence electrons. The van der Waals surface area contributed by atoms with Gasteiger partial charge in [0.2, 0.25) is 5.91 Å². The largest absolute Gasteiger partial charge is 0.467 e. The van der Waals surface area contributed by atoms with Crippen LogP contribution >= 0.6 is 23.2 Å².